The summed E-state index contributed by atoms with van der Waals surface area (Å²) in [7, 11) is 0. The molecule has 0 N–H and O–H groups in total. The van der Waals surface area contributed by atoms with Crippen molar-refractivity contribution in [3.05, 3.63) is 116 Å². The van der Waals surface area contributed by atoms with Crippen molar-refractivity contribution >= 4 is 23.0 Å². The Balaban J connectivity index is 1.28. The topological polar surface area (TPSA) is 90.9 Å². The third-order valence-electron chi connectivity index (χ3n) is 5.94. The van der Waals surface area contributed by atoms with Gasteiger partial charge >= 0.3 is 6.18 Å². The fourth-order valence-electron chi connectivity index (χ4n) is 4.09. The normalized spacial score (nSPS) is 12.9. The largest absolute Gasteiger partial charge is 0.416 e. The summed E-state index contributed by atoms with van der Waals surface area (Å²) in [5.74, 6) is 0.180. The zero-order valence-corrected chi connectivity index (χ0v) is 19.9. The molecule has 1 aliphatic carbocycles. The Morgan fingerprint density at radius 1 is 1.16 bits per heavy atom. The van der Waals surface area contributed by atoms with Crippen LogP contribution >= 0.6 is 11.6 Å². The van der Waals surface area contributed by atoms with Crippen LogP contribution in [-0.2, 0) is 25.6 Å². The van der Waals surface area contributed by atoms with Crippen LogP contribution in [0.3, 0.4) is 0 Å². The minimum Gasteiger partial charge on any atom is -0.334 e. The smallest absolute Gasteiger partial charge is 0.334 e. The number of halogens is 4. The van der Waals surface area contributed by atoms with E-state index in [1.165, 1.54) is 29.0 Å². The van der Waals surface area contributed by atoms with Gasteiger partial charge in [-0.3, -0.25) is 14.6 Å². The molecule has 5 rings (SSSR count). The Bertz CT molecular complexity index is 1570. The standard InChI is InChI=1S/C26H18ClF3N4O3/c27-17-12-20(25(36)34(14-17)13-15-3-5-16(6-4-15)26(28,29)30)22(35)9-10-23-32-24(37-33-23)19-7-8-21-18(19)2-1-11-31-21/h1-7,11-12,14H,8-10,13H2. The van der Waals surface area contributed by atoms with Crippen molar-refractivity contribution in [1.29, 1.82) is 0 Å². The van der Waals surface area contributed by atoms with E-state index >= 15 is 0 Å². The lowest BCUT2D eigenvalue weighted by Crippen LogP contribution is -2.26. The van der Waals surface area contributed by atoms with Gasteiger partial charge < -0.3 is 9.09 Å². The van der Waals surface area contributed by atoms with Crippen LogP contribution in [0.2, 0.25) is 5.02 Å². The lowest BCUT2D eigenvalue weighted by Gasteiger charge is -2.11. The molecule has 3 aromatic heterocycles. The summed E-state index contributed by atoms with van der Waals surface area (Å²) >= 11 is 6.14. The Labute approximate surface area is 213 Å². The van der Waals surface area contributed by atoms with Crippen LogP contribution in [0.15, 0.2) is 70.3 Å². The van der Waals surface area contributed by atoms with Crippen LogP contribution in [-0.4, -0.2) is 25.5 Å². The van der Waals surface area contributed by atoms with Crippen molar-refractivity contribution in [3.8, 4) is 0 Å². The number of hydrogen-bond donors (Lipinski definition) is 0. The molecular weight excluding hydrogens is 509 g/mol. The van der Waals surface area contributed by atoms with E-state index < -0.39 is 23.1 Å². The van der Waals surface area contributed by atoms with Crippen LogP contribution in [0.25, 0.3) is 5.57 Å². The van der Waals surface area contributed by atoms with Crippen molar-refractivity contribution < 1.29 is 22.5 Å². The third-order valence-corrected chi connectivity index (χ3v) is 6.15. The van der Waals surface area contributed by atoms with Crippen molar-refractivity contribution in [2.45, 2.75) is 32.0 Å². The van der Waals surface area contributed by atoms with Crippen molar-refractivity contribution in [1.82, 2.24) is 19.7 Å². The third kappa shape index (κ3) is 5.24. The summed E-state index contributed by atoms with van der Waals surface area (Å²) in [5, 5.41) is 4.10. The van der Waals surface area contributed by atoms with E-state index in [0.29, 0.717) is 23.7 Å². The van der Waals surface area contributed by atoms with Gasteiger partial charge in [-0.1, -0.05) is 41.0 Å². The molecular formula is C26H18ClF3N4O3. The van der Waals surface area contributed by atoms with E-state index in [1.807, 2.05) is 18.2 Å². The van der Waals surface area contributed by atoms with Gasteiger partial charge in [0.1, 0.15) is 0 Å². The molecule has 0 aliphatic heterocycles. The highest BCUT2D eigenvalue weighted by Crippen LogP contribution is 2.31. The lowest BCUT2D eigenvalue weighted by atomic mass is 10.1. The summed E-state index contributed by atoms with van der Waals surface area (Å²) in [6, 6.07) is 9.45. The Morgan fingerprint density at radius 3 is 2.70 bits per heavy atom. The van der Waals surface area contributed by atoms with Gasteiger partial charge in [0.2, 0.25) is 0 Å². The zero-order chi connectivity index (χ0) is 26.2. The molecule has 0 bridgehead atoms. The van der Waals surface area contributed by atoms with Crippen LogP contribution in [0, 0.1) is 0 Å². The molecule has 188 valence electrons. The molecule has 0 fully saturated rings. The number of alkyl halides is 3. The second-order valence-electron chi connectivity index (χ2n) is 8.46. The van der Waals surface area contributed by atoms with E-state index in [1.54, 1.807) is 6.20 Å². The van der Waals surface area contributed by atoms with E-state index in [4.69, 9.17) is 16.1 Å². The van der Waals surface area contributed by atoms with Crippen LogP contribution in [0.4, 0.5) is 13.2 Å². The number of hydrogen-bond acceptors (Lipinski definition) is 6. The Morgan fingerprint density at radius 2 is 1.95 bits per heavy atom. The Kier molecular flexibility index (Phi) is 6.51. The number of ketones is 1. The number of pyridine rings is 2. The molecule has 0 saturated carbocycles. The molecule has 4 aromatic rings. The summed E-state index contributed by atoms with van der Waals surface area (Å²) < 4.78 is 45.0. The minimum absolute atomic E-state index is 0.0442. The molecule has 7 nitrogen and oxygen atoms in total. The SMILES string of the molecule is O=C(CCc1noc(C2=CCc3ncccc32)n1)c1cc(Cl)cn(Cc2ccc(C(F)(F)F)cc2)c1=O. The van der Waals surface area contributed by atoms with Crippen LogP contribution in [0.5, 0.6) is 0 Å². The van der Waals surface area contributed by atoms with E-state index in [2.05, 4.69) is 15.1 Å². The fraction of sp³-hybridized carbons (Fsp3) is 0.192. The maximum absolute atomic E-state index is 12.9. The molecule has 0 spiro atoms. The van der Waals surface area contributed by atoms with E-state index in [0.717, 1.165) is 29.0 Å². The van der Waals surface area contributed by atoms with E-state index in [-0.39, 0.29) is 30.0 Å². The van der Waals surface area contributed by atoms with Gasteiger partial charge in [0.15, 0.2) is 11.6 Å². The maximum Gasteiger partial charge on any atom is 0.416 e. The summed E-state index contributed by atoms with van der Waals surface area (Å²) in [5.41, 5.74) is 1.56. The molecule has 0 unspecified atom stereocenters. The number of benzene rings is 1. The summed E-state index contributed by atoms with van der Waals surface area (Å²) in [4.78, 5) is 34.5. The van der Waals surface area contributed by atoms with E-state index in [9.17, 15) is 22.8 Å². The molecule has 3 heterocycles. The second kappa shape index (κ2) is 9.78. The number of aryl methyl sites for hydroxylation is 1. The molecule has 0 radical (unpaired) electrons. The van der Waals surface area contributed by atoms with Gasteiger partial charge in [0, 0.05) is 42.8 Å². The van der Waals surface area contributed by atoms with Gasteiger partial charge in [-0.15, -0.1) is 0 Å². The second-order valence-corrected chi connectivity index (χ2v) is 8.89. The number of fused-ring (bicyclic) bond motifs is 1. The predicted molar refractivity (Wildman–Crippen MR) is 128 cm³/mol. The number of aromatic nitrogens is 4. The van der Waals surface area contributed by atoms with Gasteiger partial charge in [-0.25, -0.2) is 0 Å². The maximum atomic E-state index is 12.9. The summed E-state index contributed by atoms with van der Waals surface area (Å²) in [6.07, 6.45) is 1.28. The Hall–Kier alpha value is -4.05. The minimum atomic E-state index is -4.46. The molecule has 1 aliphatic rings. The first kappa shape index (κ1) is 24.6. The zero-order valence-electron chi connectivity index (χ0n) is 19.1. The van der Waals surface area contributed by atoms with Gasteiger partial charge in [0.05, 0.1) is 28.4 Å². The average Bonchev–Trinajstić information content (AvgIpc) is 3.51. The number of nitrogens with zero attached hydrogens (tertiary/aromatic N) is 4. The number of Topliss-reactive ketones (excluding diaryl/α,β-unsaturated/α-hetero) is 1. The highest BCUT2D eigenvalue weighted by Gasteiger charge is 2.30. The van der Waals surface area contributed by atoms with Gasteiger partial charge in [-0.05, 0) is 29.8 Å². The predicted octanol–water partition coefficient (Wildman–Crippen LogP) is 5.15. The number of carbonyl (C=O) groups is 1. The first-order chi connectivity index (χ1) is 17.7. The lowest BCUT2D eigenvalue weighted by molar-refractivity contribution is -0.137. The van der Waals surface area contributed by atoms with Crippen molar-refractivity contribution in [3.63, 3.8) is 0 Å². The van der Waals surface area contributed by atoms with Crippen molar-refractivity contribution in [2.24, 2.45) is 0 Å². The average molecular weight is 527 g/mol. The van der Waals surface area contributed by atoms with Crippen molar-refractivity contribution in [2.75, 3.05) is 0 Å². The number of allylic oxidation sites excluding steroid dienone is 1. The molecule has 37 heavy (non-hydrogen) atoms. The van der Waals surface area contributed by atoms with Crippen LogP contribution < -0.4 is 5.56 Å². The number of rotatable bonds is 7. The molecule has 0 amide bonds. The molecule has 0 saturated heterocycles. The van der Waals surface area contributed by atoms with Gasteiger partial charge in [-0.2, -0.15) is 18.2 Å². The number of carbonyl (C=O) groups excluding carboxylic acids is 1. The quantitative estimate of drug-likeness (QED) is 0.309. The molecule has 1 aromatic carbocycles. The first-order valence-corrected chi connectivity index (χ1v) is 11.6. The monoisotopic (exact) mass is 526 g/mol. The fourth-order valence-corrected chi connectivity index (χ4v) is 4.32. The molecule has 0 atom stereocenters. The van der Waals surface area contributed by atoms with Gasteiger partial charge in [0.25, 0.3) is 11.4 Å². The van der Waals surface area contributed by atoms with Crippen LogP contribution in [0.1, 0.15) is 50.9 Å². The highest BCUT2D eigenvalue weighted by atomic mass is 35.5. The highest BCUT2D eigenvalue weighted by molar-refractivity contribution is 6.30. The summed E-state index contributed by atoms with van der Waals surface area (Å²) in [6.45, 7) is -0.0442. The molecule has 11 heteroatoms. The first-order valence-electron chi connectivity index (χ1n) is 11.3.